The lowest BCUT2D eigenvalue weighted by atomic mass is 9.91. The van der Waals surface area contributed by atoms with E-state index in [4.69, 9.17) is 4.74 Å². The lowest BCUT2D eigenvalue weighted by Gasteiger charge is -2.14. The van der Waals surface area contributed by atoms with E-state index in [1.54, 1.807) is 13.2 Å². The molecule has 0 atom stereocenters. The average molecular weight is 420 g/mol. The second-order valence-electron chi connectivity index (χ2n) is 7.74. The first kappa shape index (κ1) is 20.2. The molecule has 0 amide bonds. The molecule has 0 bridgehead atoms. The van der Waals surface area contributed by atoms with Crippen LogP contribution in [0.4, 0.5) is 5.69 Å². The van der Waals surface area contributed by atoms with Gasteiger partial charge in [-0.25, -0.2) is 8.42 Å². The SMILES string of the molecule is COc1ccc2c(c1)CCc1cc(C)ccc1C2=Cc1cccc(NS(C)(=O)=O)c1. The number of anilines is 1. The predicted octanol–water partition coefficient (Wildman–Crippen LogP) is 5.06. The maximum absolute atomic E-state index is 11.6. The van der Waals surface area contributed by atoms with Crippen molar-refractivity contribution in [1.82, 2.24) is 0 Å². The van der Waals surface area contributed by atoms with Crippen LogP contribution in [-0.2, 0) is 22.9 Å². The third kappa shape index (κ3) is 4.41. The number of ether oxygens (including phenoxy) is 1. The highest BCUT2D eigenvalue weighted by Crippen LogP contribution is 2.37. The van der Waals surface area contributed by atoms with Crippen molar-refractivity contribution in [3.05, 3.63) is 94.0 Å². The molecular formula is C25H25NO3S. The van der Waals surface area contributed by atoms with Crippen LogP contribution in [0.25, 0.3) is 11.6 Å². The van der Waals surface area contributed by atoms with Crippen molar-refractivity contribution in [3.8, 4) is 5.75 Å². The third-order valence-corrected chi connectivity index (χ3v) is 5.92. The summed E-state index contributed by atoms with van der Waals surface area (Å²) in [7, 11) is -1.64. The molecule has 1 N–H and O–H groups in total. The summed E-state index contributed by atoms with van der Waals surface area (Å²) in [5.41, 5.74) is 8.84. The van der Waals surface area contributed by atoms with Crippen molar-refractivity contribution in [1.29, 1.82) is 0 Å². The molecule has 1 aliphatic rings. The Morgan fingerprint density at radius 3 is 2.33 bits per heavy atom. The van der Waals surface area contributed by atoms with Crippen LogP contribution in [0.5, 0.6) is 5.75 Å². The van der Waals surface area contributed by atoms with Gasteiger partial charge in [-0.15, -0.1) is 0 Å². The van der Waals surface area contributed by atoms with Crippen LogP contribution in [0.15, 0.2) is 60.7 Å². The molecule has 0 spiro atoms. The Hall–Kier alpha value is -3.05. The zero-order valence-electron chi connectivity index (χ0n) is 17.4. The summed E-state index contributed by atoms with van der Waals surface area (Å²) in [6.45, 7) is 2.12. The highest BCUT2D eigenvalue weighted by molar-refractivity contribution is 7.92. The van der Waals surface area contributed by atoms with Crippen molar-refractivity contribution < 1.29 is 13.2 Å². The number of rotatable bonds is 4. The first-order valence-corrected chi connectivity index (χ1v) is 11.8. The van der Waals surface area contributed by atoms with Crippen LogP contribution in [0.3, 0.4) is 0 Å². The summed E-state index contributed by atoms with van der Waals surface area (Å²) in [5.74, 6) is 0.856. The zero-order chi connectivity index (χ0) is 21.3. The molecule has 30 heavy (non-hydrogen) atoms. The van der Waals surface area contributed by atoms with Gasteiger partial charge in [-0.3, -0.25) is 4.72 Å². The second kappa shape index (κ2) is 8.00. The molecule has 0 unspecified atom stereocenters. The molecule has 4 nitrogen and oxygen atoms in total. The summed E-state index contributed by atoms with van der Waals surface area (Å²) < 4.78 is 31.3. The molecule has 1 aliphatic carbocycles. The quantitative estimate of drug-likeness (QED) is 0.643. The summed E-state index contributed by atoms with van der Waals surface area (Å²) >= 11 is 0. The second-order valence-corrected chi connectivity index (χ2v) is 9.49. The smallest absolute Gasteiger partial charge is 0.229 e. The predicted molar refractivity (Wildman–Crippen MR) is 123 cm³/mol. The van der Waals surface area contributed by atoms with E-state index in [2.05, 4.69) is 48.1 Å². The largest absolute Gasteiger partial charge is 0.497 e. The Labute approximate surface area is 178 Å². The molecule has 5 heteroatoms. The van der Waals surface area contributed by atoms with Crippen molar-refractivity contribution in [2.75, 3.05) is 18.1 Å². The van der Waals surface area contributed by atoms with Gasteiger partial charge in [-0.1, -0.05) is 42.0 Å². The van der Waals surface area contributed by atoms with Gasteiger partial charge in [0.05, 0.1) is 13.4 Å². The minimum Gasteiger partial charge on any atom is -0.497 e. The molecule has 3 aromatic rings. The van der Waals surface area contributed by atoms with Gasteiger partial charge < -0.3 is 4.74 Å². The first-order valence-electron chi connectivity index (χ1n) is 9.89. The van der Waals surface area contributed by atoms with Crippen molar-refractivity contribution >= 4 is 27.4 Å². The number of methoxy groups -OCH3 is 1. The van der Waals surface area contributed by atoms with E-state index in [9.17, 15) is 8.42 Å². The van der Waals surface area contributed by atoms with E-state index < -0.39 is 10.0 Å². The van der Waals surface area contributed by atoms with Crippen LogP contribution in [0.2, 0.25) is 0 Å². The van der Waals surface area contributed by atoms with Crippen LogP contribution in [0.1, 0.15) is 33.4 Å². The summed E-state index contributed by atoms with van der Waals surface area (Å²) in [5, 5.41) is 0. The maximum atomic E-state index is 11.6. The highest BCUT2D eigenvalue weighted by Gasteiger charge is 2.19. The van der Waals surface area contributed by atoms with Gasteiger partial charge in [0.1, 0.15) is 5.75 Å². The third-order valence-electron chi connectivity index (χ3n) is 5.32. The molecule has 0 aromatic heterocycles. The van der Waals surface area contributed by atoms with E-state index in [1.165, 1.54) is 27.8 Å². The van der Waals surface area contributed by atoms with E-state index in [-0.39, 0.29) is 0 Å². The van der Waals surface area contributed by atoms with Crippen molar-refractivity contribution in [2.45, 2.75) is 19.8 Å². The number of aryl methyl sites for hydroxylation is 3. The highest BCUT2D eigenvalue weighted by atomic mass is 32.2. The molecule has 4 rings (SSSR count). The molecule has 0 saturated heterocycles. The summed E-state index contributed by atoms with van der Waals surface area (Å²) in [6.07, 6.45) is 5.20. The lowest BCUT2D eigenvalue weighted by molar-refractivity contribution is 0.414. The van der Waals surface area contributed by atoms with Gasteiger partial charge in [0.2, 0.25) is 10.0 Å². The normalized spacial score (nSPS) is 14.6. The topological polar surface area (TPSA) is 55.4 Å². The Morgan fingerprint density at radius 1 is 0.933 bits per heavy atom. The maximum Gasteiger partial charge on any atom is 0.229 e. The molecule has 0 fully saturated rings. The van der Waals surface area contributed by atoms with Crippen LogP contribution in [-0.4, -0.2) is 21.8 Å². The fourth-order valence-electron chi connectivity index (χ4n) is 4.00. The Kier molecular flexibility index (Phi) is 5.39. The van der Waals surface area contributed by atoms with Gasteiger partial charge >= 0.3 is 0 Å². The van der Waals surface area contributed by atoms with Crippen LogP contribution in [0, 0.1) is 6.92 Å². The number of hydrogen-bond acceptors (Lipinski definition) is 3. The molecule has 0 saturated carbocycles. The fourth-order valence-corrected chi connectivity index (χ4v) is 4.56. The van der Waals surface area contributed by atoms with E-state index in [0.29, 0.717) is 5.69 Å². The summed E-state index contributed by atoms with van der Waals surface area (Å²) in [4.78, 5) is 0. The van der Waals surface area contributed by atoms with E-state index in [0.717, 1.165) is 36.0 Å². The monoisotopic (exact) mass is 419 g/mol. The molecule has 3 aromatic carbocycles. The first-order chi connectivity index (χ1) is 14.3. The minimum atomic E-state index is -3.33. The summed E-state index contributed by atoms with van der Waals surface area (Å²) in [6, 6.07) is 20.3. The Morgan fingerprint density at radius 2 is 1.63 bits per heavy atom. The Balaban J connectivity index is 1.89. The number of sulfonamides is 1. The van der Waals surface area contributed by atoms with Crippen LogP contribution < -0.4 is 9.46 Å². The van der Waals surface area contributed by atoms with Crippen molar-refractivity contribution in [2.24, 2.45) is 0 Å². The molecular weight excluding hydrogens is 394 g/mol. The van der Waals surface area contributed by atoms with E-state index >= 15 is 0 Å². The number of benzene rings is 3. The minimum absolute atomic E-state index is 0.555. The lowest BCUT2D eigenvalue weighted by Crippen LogP contribution is -2.09. The number of hydrogen-bond donors (Lipinski definition) is 1. The Bertz CT molecular complexity index is 1240. The van der Waals surface area contributed by atoms with Gasteiger partial charge in [0.15, 0.2) is 0 Å². The van der Waals surface area contributed by atoms with Gasteiger partial charge in [-0.2, -0.15) is 0 Å². The van der Waals surface area contributed by atoms with Gasteiger partial charge in [0, 0.05) is 5.69 Å². The molecule has 0 heterocycles. The van der Waals surface area contributed by atoms with E-state index in [1.807, 2.05) is 24.3 Å². The number of fused-ring (bicyclic) bond motifs is 2. The number of nitrogens with one attached hydrogen (secondary N) is 1. The van der Waals surface area contributed by atoms with Gasteiger partial charge in [-0.05, 0) is 83.5 Å². The molecule has 0 radical (unpaired) electrons. The van der Waals surface area contributed by atoms with Crippen LogP contribution >= 0.6 is 0 Å². The molecule has 154 valence electrons. The molecule has 0 aliphatic heterocycles. The van der Waals surface area contributed by atoms with Gasteiger partial charge in [0.25, 0.3) is 0 Å². The average Bonchev–Trinajstić information content (AvgIpc) is 2.83. The van der Waals surface area contributed by atoms with Crippen molar-refractivity contribution in [3.63, 3.8) is 0 Å². The zero-order valence-corrected chi connectivity index (χ0v) is 18.2. The fraction of sp³-hybridized carbons (Fsp3) is 0.200. The standard InChI is InChI=1S/C25H25NO3S/c1-17-7-11-23-19(13-17)8-9-20-16-22(29-2)10-12-24(20)25(23)15-18-5-4-6-21(14-18)26-30(3,27)28/h4-7,10-16,26H,8-9H2,1-3H3.